The van der Waals surface area contributed by atoms with Crippen molar-refractivity contribution in [2.75, 3.05) is 26.3 Å². The molecule has 424 valence electrons. The van der Waals surface area contributed by atoms with Gasteiger partial charge in [0.25, 0.3) is 0 Å². The van der Waals surface area contributed by atoms with E-state index in [1.807, 2.05) is 102 Å². The number of aliphatic hydroxyl groups excluding tert-OH is 2. The molecule has 10 N–H and O–H groups in total. The molecule has 0 spiro atoms. The van der Waals surface area contributed by atoms with E-state index in [0.717, 1.165) is 44.5 Å². The van der Waals surface area contributed by atoms with E-state index in [1.54, 1.807) is 62.4 Å². The average molecular weight is 1140 g/mol. The molecule has 0 saturated carbocycles. The topological polar surface area (TPSA) is 264 Å². The van der Waals surface area contributed by atoms with Crippen LogP contribution in [0.4, 0.5) is 8.78 Å². The van der Waals surface area contributed by atoms with Crippen molar-refractivity contribution < 1.29 is 71.3 Å². The smallest absolute Gasteiger partial charge is 0.394 e. The number of halogens is 4. The van der Waals surface area contributed by atoms with Crippen LogP contribution in [0.15, 0.2) is 121 Å². The Bertz CT molecular complexity index is 2880. The molecule has 0 fully saturated rings. The quantitative estimate of drug-likeness (QED) is 0.0294. The van der Waals surface area contributed by atoms with Crippen LogP contribution in [0, 0.1) is 25.5 Å². The van der Waals surface area contributed by atoms with Gasteiger partial charge in [-0.1, -0.05) is 108 Å². The third-order valence-electron chi connectivity index (χ3n) is 12.3. The Kier molecular flexibility index (Phi) is 25.6. The van der Waals surface area contributed by atoms with Gasteiger partial charge in [-0.25, -0.2) is 18.4 Å². The maximum Gasteiger partial charge on any atom is 0.394 e. The Labute approximate surface area is 465 Å². The first-order valence-electron chi connectivity index (χ1n) is 24.5. The van der Waals surface area contributed by atoms with Crippen molar-refractivity contribution in [3.63, 3.8) is 0 Å². The van der Waals surface area contributed by atoms with E-state index < -0.39 is 46.2 Å². The normalized spacial score (nSPS) is 13.1. The van der Waals surface area contributed by atoms with Crippen LogP contribution >= 0.6 is 23.2 Å². The summed E-state index contributed by atoms with van der Waals surface area (Å²) in [5, 5.41) is 46.6. The van der Waals surface area contributed by atoms with E-state index in [2.05, 4.69) is 10.6 Å². The minimum Gasteiger partial charge on any atom is -0.478 e. The van der Waals surface area contributed by atoms with Crippen LogP contribution in [0.2, 0.25) is 10.0 Å². The van der Waals surface area contributed by atoms with Gasteiger partial charge in [-0.3, -0.25) is 9.11 Å². The first-order valence-corrected chi connectivity index (χ1v) is 26.6. The van der Waals surface area contributed by atoms with Crippen LogP contribution in [-0.2, 0) is 32.7 Å². The SMILES string of the molecule is Cc1cc(-c2ccccc2C(C)OCC(O)CNC(C)(C)Cc2ccc(Cl)c(F)c2)ccc1C(=O)O.Cc1cc(-c2ccccc2C(C)OCC(O)CNC(C)(C)Cc2ccc(Cl)c(F)c2)ccc1C(=O)O.O.O=S(=O)(O)O. The van der Waals surface area contributed by atoms with Crippen LogP contribution in [-0.4, -0.2) is 105 Å². The third kappa shape index (κ3) is 21.8. The highest BCUT2D eigenvalue weighted by atomic mass is 35.5. The highest BCUT2D eigenvalue weighted by molar-refractivity contribution is 7.79. The first kappa shape index (κ1) is 66.6. The molecule has 0 aliphatic rings. The molecule has 6 rings (SSSR count). The number of carboxylic acid groups (broad SMARTS) is 2. The van der Waals surface area contributed by atoms with Gasteiger partial charge < -0.3 is 46.0 Å². The molecule has 0 aliphatic carbocycles. The Morgan fingerprint density at radius 2 is 0.923 bits per heavy atom. The number of aryl methyl sites for hydroxylation is 2. The molecule has 20 heteroatoms. The minimum absolute atomic E-state index is 0. The third-order valence-corrected chi connectivity index (χ3v) is 12.9. The fourth-order valence-electron chi connectivity index (χ4n) is 8.41. The molecular formula is C58H70Cl2F2N2O13S. The Morgan fingerprint density at radius 3 is 1.23 bits per heavy atom. The lowest BCUT2D eigenvalue weighted by molar-refractivity contribution is -0.00397. The summed E-state index contributed by atoms with van der Waals surface area (Å²) in [6, 6.07) is 35.7. The minimum atomic E-state index is -4.67. The number of carboxylic acids is 2. The van der Waals surface area contributed by atoms with Crippen molar-refractivity contribution in [1.29, 1.82) is 0 Å². The predicted molar refractivity (Wildman–Crippen MR) is 300 cm³/mol. The number of hydrogen-bond donors (Lipinski definition) is 8. The molecule has 0 radical (unpaired) electrons. The van der Waals surface area contributed by atoms with Gasteiger partial charge in [-0.05, 0) is 160 Å². The zero-order chi connectivity index (χ0) is 57.4. The number of β-amino-alcohol motifs (C(OH)–C–C–N with tert-alkyl or cyclic N) is 2. The maximum atomic E-state index is 13.8. The Hall–Kier alpha value is -5.71. The van der Waals surface area contributed by atoms with Crippen LogP contribution in [0.5, 0.6) is 0 Å². The lowest BCUT2D eigenvalue weighted by Gasteiger charge is -2.28. The van der Waals surface area contributed by atoms with E-state index in [9.17, 15) is 38.8 Å². The molecule has 0 aliphatic heterocycles. The molecule has 6 aromatic rings. The standard InChI is InChI=1S/2C29H33ClFNO4.H2O4S.H2O/c2*1-18-13-21(10-11-23(18)28(34)35)25-8-6-5-7-24(25)19(2)36-17-22(33)16-32-29(3,4)15-20-9-12-26(30)27(31)14-20;1-5(2,3)4;/h2*5-14,19,22,32-33H,15-17H2,1-4H3,(H,34,35);(H2,1,2,3,4);1H2. The molecule has 78 heavy (non-hydrogen) atoms. The van der Waals surface area contributed by atoms with Crippen LogP contribution in [0.1, 0.15) is 108 Å². The number of ether oxygens (including phenoxy) is 2. The second-order valence-electron chi connectivity index (χ2n) is 19.9. The van der Waals surface area contributed by atoms with Crippen molar-refractivity contribution >= 4 is 45.5 Å². The molecule has 0 heterocycles. The average Bonchev–Trinajstić information content (AvgIpc) is 3.35. The zero-order valence-electron chi connectivity index (χ0n) is 44.7. The monoisotopic (exact) mass is 1140 g/mol. The van der Waals surface area contributed by atoms with Crippen molar-refractivity contribution in [3.05, 3.63) is 188 Å². The fourth-order valence-corrected chi connectivity index (χ4v) is 8.65. The van der Waals surface area contributed by atoms with Gasteiger partial charge in [0.2, 0.25) is 0 Å². The van der Waals surface area contributed by atoms with Crippen molar-refractivity contribution in [2.45, 2.75) is 104 Å². The van der Waals surface area contributed by atoms with E-state index in [1.165, 1.54) is 12.1 Å². The molecular weight excluding hydrogens is 1070 g/mol. The summed E-state index contributed by atoms with van der Waals surface area (Å²) in [5.41, 5.74) is 8.44. The highest BCUT2D eigenvalue weighted by Gasteiger charge is 2.24. The Morgan fingerprint density at radius 1 is 0.590 bits per heavy atom. The summed E-state index contributed by atoms with van der Waals surface area (Å²) in [7, 11) is -4.67. The summed E-state index contributed by atoms with van der Waals surface area (Å²) in [6.45, 7) is 16.3. The summed E-state index contributed by atoms with van der Waals surface area (Å²) in [6.07, 6.45) is -0.923. The zero-order valence-corrected chi connectivity index (χ0v) is 47.0. The number of hydrogen-bond acceptors (Lipinski definition) is 10. The van der Waals surface area contributed by atoms with Gasteiger partial charge in [0, 0.05) is 24.2 Å². The summed E-state index contributed by atoms with van der Waals surface area (Å²) >= 11 is 11.5. The van der Waals surface area contributed by atoms with Crippen LogP contribution in [0.3, 0.4) is 0 Å². The molecule has 4 unspecified atom stereocenters. The highest BCUT2D eigenvalue weighted by Crippen LogP contribution is 2.33. The van der Waals surface area contributed by atoms with E-state index in [0.29, 0.717) is 37.1 Å². The molecule has 0 aromatic heterocycles. The summed E-state index contributed by atoms with van der Waals surface area (Å²) in [5.74, 6) is -2.79. The molecule has 6 aromatic carbocycles. The number of carbonyl (C=O) groups is 2. The van der Waals surface area contributed by atoms with Crippen molar-refractivity contribution in [2.24, 2.45) is 0 Å². The maximum absolute atomic E-state index is 13.8. The molecule has 15 nitrogen and oxygen atoms in total. The number of nitrogens with one attached hydrogen (secondary N) is 2. The second kappa shape index (κ2) is 30.0. The summed E-state index contributed by atoms with van der Waals surface area (Å²) in [4.78, 5) is 22.7. The molecule has 0 bridgehead atoms. The van der Waals surface area contributed by atoms with Crippen LogP contribution < -0.4 is 10.6 Å². The van der Waals surface area contributed by atoms with Gasteiger partial charge in [0.05, 0.1) is 58.8 Å². The number of aliphatic hydroxyl groups is 2. The molecule has 4 atom stereocenters. The number of aromatic carboxylic acids is 2. The second-order valence-corrected chi connectivity index (χ2v) is 21.6. The molecule has 0 amide bonds. The van der Waals surface area contributed by atoms with Crippen LogP contribution in [0.25, 0.3) is 22.3 Å². The lowest BCUT2D eigenvalue weighted by Crippen LogP contribution is -2.46. The number of benzene rings is 6. The lowest BCUT2D eigenvalue weighted by atomic mass is 9.94. The largest absolute Gasteiger partial charge is 0.478 e. The van der Waals surface area contributed by atoms with E-state index in [-0.39, 0.29) is 63.1 Å². The number of rotatable bonds is 22. The summed E-state index contributed by atoms with van der Waals surface area (Å²) < 4.78 is 71.1. The van der Waals surface area contributed by atoms with Gasteiger partial charge in [0.1, 0.15) is 11.6 Å². The molecule has 0 saturated heterocycles. The predicted octanol–water partition coefficient (Wildman–Crippen LogP) is 10.9. The first-order chi connectivity index (χ1) is 35.9. The van der Waals surface area contributed by atoms with E-state index in [4.69, 9.17) is 50.2 Å². The van der Waals surface area contributed by atoms with Crippen molar-refractivity contribution in [1.82, 2.24) is 10.6 Å². The fraction of sp³-hybridized carbons (Fsp3) is 0.345. The van der Waals surface area contributed by atoms with Gasteiger partial charge in [0.15, 0.2) is 0 Å². The van der Waals surface area contributed by atoms with E-state index >= 15 is 0 Å². The van der Waals surface area contributed by atoms with Gasteiger partial charge in [-0.2, -0.15) is 8.42 Å². The Balaban J connectivity index is 0.000000373. The van der Waals surface area contributed by atoms with Gasteiger partial charge in [-0.15, -0.1) is 0 Å². The van der Waals surface area contributed by atoms with Crippen molar-refractivity contribution in [3.8, 4) is 22.3 Å². The van der Waals surface area contributed by atoms with Gasteiger partial charge >= 0.3 is 22.3 Å².